The van der Waals surface area contributed by atoms with Crippen LogP contribution in [-0.2, 0) is 5.41 Å². The Morgan fingerprint density at radius 1 is 1.28 bits per heavy atom. The van der Waals surface area contributed by atoms with E-state index in [1.165, 1.54) is 6.07 Å². The number of hydrogen-bond donors (Lipinski definition) is 1. The number of ether oxygens (including phenoxy) is 1. The maximum Gasteiger partial charge on any atom is 0.166 e. The van der Waals surface area contributed by atoms with Gasteiger partial charge in [-0.05, 0) is 44.2 Å². The van der Waals surface area contributed by atoms with Crippen LogP contribution in [-0.4, -0.2) is 27.8 Å². The molecule has 1 heterocycles. The molecule has 0 saturated carbocycles. The Labute approximate surface area is 187 Å². The van der Waals surface area contributed by atoms with Gasteiger partial charge in [0.1, 0.15) is 12.4 Å². The van der Waals surface area contributed by atoms with E-state index in [1.54, 1.807) is 37.5 Å². The lowest BCUT2D eigenvalue weighted by atomic mass is 9.77. The molecule has 0 amide bonds. The van der Waals surface area contributed by atoms with E-state index in [-0.39, 0.29) is 11.7 Å². The van der Waals surface area contributed by atoms with Crippen LogP contribution in [0.4, 0.5) is 8.78 Å². The van der Waals surface area contributed by atoms with Crippen LogP contribution in [0.1, 0.15) is 44.0 Å². The van der Waals surface area contributed by atoms with E-state index in [1.807, 2.05) is 18.2 Å². The van der Waals surface area contributed by atoms with Crippen molar-refractivity contribution in [3.63, 3.8) is 0 Å². The third-order valence-corrected chi connectivity index (χ3v) is 5.30. The third-order valence-electron chi connectivity index (χ3n) is 5.30. The van der Waals surface area contributed by atoms with Crippen molar-refractivity contribution in [3.8, 4) is 5.75 Å². The summed E-state index contributed by atoms with van der Waals surface area (Å²) in [5.41, 5.74) is 0.227. The van der Waals surface area contributed by atoms with Gasteiger partial charge in [-0.15, -0.1) is 0 Å². The fourth-order valence-electron chi connectivity index (χ4n) is 3.55. The average Bonchev–Trinajstić information content (AvgIpc) is 2.80. The summed E-state index contributed by atoms with van der Waals surface area (Å²) in [5.74, 6) is -0.598. The van der Waals surface area contributed by atoms with Crippen LogP contribution in [0.2, 0.25) is 0 Å². The number of aliphatic hydroxyl groups is 1. The largest absolute Gasteiger partial charge is 0.486 e. The number of unbranched alkanes of at least 4 members (excludes halogenated alkanes) is 1. The van der Waals surface area contributed by atoms with Gasteiger partial charge in [-0.3, -0.25) is 0 Å². The number of allylic oxidation sites excluding steroid dienone is 6. The molecular weight excluding hydrogens is 410 g/mol. The van der Waals surface area contributed by atoms with Crippen LogP contribution in [0.15, 0.2) is 73.6 Å². The van der Waals surface area contributed by atoms with Crippen molar-refractivity contribution >= 4 is 5.57 Å². The summed E-state index contributed by atoms with van der Waals surface area (Å²) in [6, 6.07) is 4.17. The first-order valence-electron chi connectivity index (χ1n) is 10.7. The molecule has 2 atom stereocenters. The normalized spacial score (nSPS) is 19.1. The number of aromatic nitrogens is 2. The molecular formula is C26H28F2N2O2. The lowest BCUT2D eigenvalue weighted by Crippen LogP contribution is -2.25. The number of nitrogens with zero attached hydrogens (tertiary/aromatic N) is 2. The molecule has 2 aromatic rings. The van der Waals surface area contributed by atoms with Crippen LogP contribution in [0, 0.1) is 11.6 Å². The highest BCUT2D eigenvalue weighted by molar-refractivity contribution is 5.76. The third kappa shape index (κ3) is 5.77. The molecule has 32 heavy (non-hydrogen) atoms. The van der Waals surface area contributed by atoms with Gasteiger partial charge in [0.25, 0.3) is 0 Å². The first-order valence-corrected chi connectivity index (χ1v) is 10.7. The van der Waals surface area contributed by atoms with E-state index < -0.39 is 17.0 Å². The van der Waals surface area contributed by atoms with Gasteiger partial charge in [-0.2, -0.15) is 0 Å². The zero-order chi connectivity index (χ0) is 23.0. The van der Waals surface area contributed by atoms with Crippen molar-refractivity contribution < 1.29 is 18.6 Å². The number of halogens is 2. The zero-order valence-electron chi connectivity index (χ0n) is 18.2. The summed E-state index contributed by atoms with van der Waals surface area (Å²) in [7, 11) is 0. The number of hydrogen-bond acceptors (Lipinski definition) is 4. The SMILES string of the molecule is C=CCOc1cnc(C2(C=CCCCC(C)O)C=CC(c3cccc(F)c3F)=CC2)nc1. The summed E-state index contributed by atoms with van der Waals surface area (Å²) in [6.45, 7) is 5.76. The number of benzene rings is 1. The molecule has 1 aliphatic rings. The lowest BCUT2D eigenvalue weighted by Gasteiger charge is -2.28. The van der Waals surface area contributed by atoms with Gasteiger partial charge in [0.05, 0.1) is 23.9 Å². The molecule has 4 nitrogen and oxygen atoms in total. The molecule has 1 aromatic carbocycles. The molecule has 0 aliphatic heterocycles. The topological polar surface area (TPSA) is 55.2 Å². The summed E-state index contributed by atoms with van der Waals surface area (Å²) in [5, 5.41) is 9.46. The maximum absolute atomic E-state index is 14.3. The Balaban J connectivity index is 1.86. The van der Waals surface area contributed by atoms with E-state index in [0.717, 1.165) is 25.3 Å². The minimum absolute atomic E-state index is 0.227. The van der Waals surface area contributed by atoms with E-state index in [0.29, 0.717) is 30.2 Å². The van der Waals surface area contributed by atoms with Crippen molar-refractivity contribution in [2.24, 2.45) is 0 Å². The molecule has 2 unspecified atom stereocenters. The van der Waals surface area contributed by atoms with E-state index in [4.69, 9.17) is 4.74 Å². The van der Waals surface area contributed by atoms with E-state index in [2.05, 4.69) is 22.6 Å². The smallest absolute Gasteiger partial charge is 0.166 e. The Hall–Kier alpha value is -3.12. The molecule has 6 heteroatoms. The predicted octanol–water partition coefficient (Wildman–Crippen LogP) is 5.71. The first-order chi connectivity index (χ1) is 15.4. The van der Waals surface area contributed by atoms with Gasteiger partial charge >= 0.3 is 0 Å². The van der Waals surface area contributed by atoms with Crippen molar-refractivity contribution in [3.05, 3.63) is 96.7 Å². The molecule has 3 rings (SSSR count). The summed E-state index contributed by atoms with van der Waals surface area (Å²) >= 11 is 0. The quantitative estimate of drug-likeness (QED) is 0.381. The highest BCUT2D eigenvalue weighted by Gasteiger charge is 2.31. The second-order valence-electron chi connectivity index (χ2n) is 7.86. The van der Waals surface area contributed by atoms with Crippen LogP contribution < -0.4 is 4.74 Å². The molecule has 1 aliphatic carbocycles. The van der Waals surface area contributed by atoms with E-state index in [9.17, 15) is 13.9 Å². The standard InChI is InChI=1S/C26H28F2N2O2/c1-3-16-32-21-17-29-25(30-18-21)26(13-6-4-5-8-19(2)31)14-11-20(12-15-26)22-9-7-10-23(27)24(22)28/h3,6-7,9-14,17-19,31H,1,4-5,8,15-16H2,2H3. The first kappa shape index (κ1) is 23.5. The van der Waals surface area contributed by atoms with Gasteiger partial charge < -0.3 is 9.84 Å². The molecule has 0 bridgehead atoms. The monoisotopic (exact) mass is 438 g/mol. The van der Waals surface area contributed by atoms with Gasteiger partial charge in [0.15, 0.2) is 17.4 Å². The fourth-order valence-corrected chi connectivity index (χ4v) is 3.55. The summed E-state index contributed by atoms with van der Waals surface area (Å²) in [4.78, 5) is 9.02. The van der Waals surface area contributed by atoms with Gasteiger partial charge in [-0.1, -0.05) is 55.2 Å². The Morgan fingerprint density at radius 2 is 2.06 bits per heavy atom. The van der Waals surface area contributed by atoms with Crippen molar-refractivity contribution in [2.75, 3.05) is 6.61 Å². The van der Waals surface area contributed by atoms with Crippen molar-refractivity contribution in [1.82, 2.24) is 9.97 Å². The Bertz CT molecular complexity index is 1010. The van der Waals surface area contributed by atoms with E-state index >= 15 is 0 Å². The zero-order valence-corrected chi connectivity index (χ0v) is 18.2. The molecule has 1 aromatic heterocycles. The van der Waals surface area contributed by atoms with Crippen LogP contribution in [0.3, 0.4) is 0 Å². The number of rotatable bonds is 10. The fraction of sp³-hybridized carbons (Fsp3) is 0.308. The average molecular weight is 439 g/mol. The van der Waals surface area contributed by atoms with Crippen LogP contribution in [0.5, 0.6) is 5.75 Å². The highest BCUT2D eigenvalue weighted by Crippen LogP contribution is 2.37. The summed E-state index contributed by atoms with van der Waals surface area (Å²) in [6.07, 6.45) is 17.1. The molecule has 1 N–H and O–H groups in total. The van der Waals surface area contributed by atoms with Gasteiger partial charge in [0.2, 0.25) is 0 Å². The van der Waals surface area contributed by atoms with Crippen LogP contribution >= 0.6 is 0 Å². The minimum Gasteiger partial charge on any atom is -0.486 e. The minimum atomic E-state index is -0.870. The van der Waals surface area contributed by atoms with Gasteiger partial charge in [-0.25, -0.2) is 18.7 Å². The Morgan fingerprint density at radius 3 is 2.72 bits per heavy atom. The van der Waals surface area contributed by atoms with Crippen molar-refractivity contribution in [2.45, 2.75) is 44.1 Å². The maximum atomic E-state index is 14.3. The van der Waals surface area contributed by atoms with Crippen molar-refractivity contribution in [1.29, 1.82) is 0 Å². The second kappa shape index (κ2) is 11.0. The Kier molecular flexibility index (Phi) is 8.06. The second-order valence-corrected chi connectivity index (χ2v) is 7.86. The molecule has 0 spiro atoms. The van der Waals surface area contributed by atoms with Gasteiger partial charge in [0, 0.05) is 5.56 Å². The highest BCUT2D eigenvalue weighted by atomic mass is 19.2. The van der Waals surface area contributed by atoms with Crippen LogP contribution in [0.25, 0.3) is 5.57 Å². The summed E-state index contributed by atoms with van der Waals surface area (Å²) < 4.78 is 33.4. The lowest BCUT2D eigenvalue weighted by molar-refractivity contribution is 0.182. The molecule has 0 radical (unpaired) electrons. The molecule has 168 valence electrons. The molecule has 0 saturated heterocycles. The predicted molar refractivity (Wildman–Crippen MR) is 122 cm³/mol. The number of aliphatic hydroxyl groups excluding tert-OH is 1. The molecule has 0 fully saturated rings.